The second-order valence-corrected chi connectivity index (χ2v) is 14.0. The zero-order chi connectivity index (χ0) is 37.1. The number of carboxylic acid groups (broad SMARTS) is 1. The molecule has 272 valence electrons. The molecule has 0 heterocycles. The van der Waals surface area contributed by atoms with Crippen LogP contribution in [-0.2, 0) is 20.5 Å². The average molecular weight is 729 g/mol. The molecule has 52 heavy (non-hydrogen) atoms. The Morgan fingerprint density at radius 3 is 2.19 bits per heavy atom. The topological polar surface area (TPSA) is 78.9 Å². The van der Waals surface area contributed by atoms with E-state index in [-0.39, 0.29) is 30.2 Å². The second-order valence-electron chi connectivity index (χ2n) is 12.7. The molecule has 2 unspecified atom stereocenters. The van der Waals surface area contributed by atoms with E-state index in [0.717, 1.165) is 46.2 Å². The van der Waals surface area contributed by atoms with Gasteiger partial charge in [-0.15, -0.1) is 11.8 Å². The van der Waals surface area contributed by atoms with E-state index in [1.54, 1.807) is 18.9 Å². The normalized spacial score (nSPS) is 12.9. The summed E-state index contributed by atoms with van der Waals surface area (Å²) in [6, 6.07) is 36.5. The van der Waals surface area contributed by atoms with Crippen LogP contribution in [0.1, 0.15) is 53.2 Å². The van der Waals surface area contributed by atoms with Crippen molar-refractivity contribution in [3.63, 3.8) is 0 Å². The van der Waals surface area contributed by atoms with Crippen LogP contribution >= 0.6 is 11.8 Å². The van der Waals surface area contributed by atoms with Crippen molar-refractivity contribution in [1.29, 1.82) is 0 Å². The molecule has 0 radical (unpaired) electrons. The molecular formula is C42H43F3N2O4S. The third-order valence-corrected chi connectivity index (χ3v) is 10.2. The smallest absolute Gasteiger partial charge is 0.416 e. The van der Waals surface area contributed by atoms with E-state index in [1.807, 2.05) is 30.3 Å². The average Bonchev–Trinajstić information content (AvgIpc) is 3.13. The summed E-state index contributed by atoms with van der Waals surface area (Å²) in [6.07, 6.45) is -3.09. The first-order valence-electron chi connectivity index (χ1n) is 17.3. The van der Waals surface area contributed by atoms with Crippen LogP contribution < -0.4 is 5.32 Å². The van der Waals surface area contributed by atoms with Crippen molar-refractivity contribution in [1.82, 2.24) is 10.2 Å². The van der Waals surface area contributed by atoms with Crippen LogP contribution in [0.4, 0.5) is 13.2 Å². The quantitative estimate of drug-likeness (QED) is 0.0561. The fourth-order valence-corrected chi connectivity index (χ4v) is 7.51. The number of esters is 1. The maximum atomic E-state index is 13.3. The number of alkyl halides is 3. The van der Waals surface area contributed by atoms with Crippen LogP contribution in [0.3, 0.4) is 0 Å². The SMILES string of the molecule is CCOC(=O)CNCCC(c1cccc(-c2cccc(C(CCN(C)CC(=O)O)Sc3ccc(C(F)(F)F)cc3)c2)c1)c1cccc2ccccc12. The van der Waals surface area contributed by atoms with Crippen molar-refractivity contribution in [3.05, 3.63) is 138 Å². The lowest BCUT2D eigenvalue weighted by Gasteiger charge is -2.22. The molecule has 5 aromatic rings. The van der Waals surface area contributed by atoms with Crippen molar-refractivity contribution in [3.8, 4) is 11.1 Å². The summed E-state index contributed by atoms with van der Waals surface area (Å²) < 4.78 is 44.9. The first-order chi connectivity index (χ1) is 25.0. The lowest BCUT2D eigenvalue weighted by molar-refractivity contribution is -0.142. The standard InChI is InChI=1S/C42H43F3N2O4S/c1-3-51-41(50)27-46-23-21-37(38-16-8-10-29-9-4-5-15-36(29)38)32-13-6-11-30(25-32)31-12-7-14-33(26-31)39(22-24-47(2)28-40(48)49)52-35-19-17-34(18-20-35)42(43,44)45/h4-20,25-26,37,39,46H,3,21-24,27-28H2,1-2H3,(H,48,49). The predicted molar refractivity (Wildman–Crippen MR) is 202 cm³/mol. The molecule has 0 spiro atoms. The van der Waals surface area contributed by atoms with Gasteiger partial charge >= 0.3 is 18.1 Å². The molecule has 0 aromatic heterocycles. The van der Waals surface area contributed by atoms with Crippen molar-refractivity contribution >= 4 is 34.5 Å². The lowest BCUT2D eigenvalue weighted by Crippen LogP contribution is -2.27. The van der Waals surface area contributed by atoms with Gasteiger partial charge in [0.15, 0.2) is 0 Å². The van der Waals surface area contributed by atoms with Gasteiger partial charge in [-0.1, -0.05) is 91.0 Å². The second kappa shape index (κ2) is 18.2. The van der Waals surface area contributed by atoms with Gasteiger partial charge < -0.3 is 15.2 Å². The molecule has 6 nitrogen and oxygen atoms in total. The zero-order valence-corrected chi connectivity index (χ0v) is 30.1. The summed E-state index contributed by atoms with van der Waals surface area (Å²) >= 11 is 1.47. The minimum absolute atomic E-state index is 0.0247. The summed E-state index contributed by atoms with van der Waals surface area (Å²) in [4.78, 5) is 25.7. The molecular weight excluding hydrogens is 686 g/mol. The van der Waals surface area contributed by atoms with Gasteiger partial charge in [0.25, 0.3) is 0 Å². The third kappa shape index (κ3) is 10.7. The third-order valence-electron chi connectivity index (χ3n) is 8.90. The number of carbonyl (C=O) groups is 2. The van der Waals surface area contributed by atoms with E-state index in [9.17, 15) is 27.9 Å². The summed E-state index contributed by atoms with van der Waals surface area (Å²) in [5.74, 6) is -1.18. The molecule has 0 fully saturated rings. The Balaban J connectivity index is 1.45. The molecule has 5 rings (SSSR count). The number of benzene rings is 5. The summed E-state index contributed by atoms with van der Waals surface area (Å²) in [5.41, 5.74) is 4.63. The number of hydrogen-bond donors (Lipinski definition) is 2. The largest absolute Gasteiger partial charge is 0.480 e. The van der Waals surface area contributed by atoms with Gasteiger partial charge in [-0.25, -0.2) is 0 Å². The number of carboxylic acids is 1. The zero-order valence-electron chi connectivity index (χ0n) is 29.2. The number of fused-ring (bicyclic) bond motifs is 1. The summed E-state index contributed by atoms with van der Waals surface area (Å²) in [6.45, 7) is 3.24. The number of rotatable bonds is 17. The lowest BCUT2D eigenvalue weighted by atomic mass is 9.84. The molecule has 5 aromatic carbocycles. The molecule has 10 heteroatoms. The van der Waals surface area contributed by atoms with Crippen LogP contribution in [0, 0.1) is 0 Å². The van der Waals surface area contributed by atoms with E-state index < -0.39 is 17.7 Å². The van der Waals surface area contributed by atoms with Gasteiger partial charge in [-0.05, 0) is 103 Å². The number of likely N-dealkylation sites (N-methyl/N-ethyl adjacent to an activating group) is 1. The van der Waals surface area contributed by atoms with E-state index in [2.05, 4.69) is 66.0 Å². The molecule has 0 aliphatic carbocycles. The predicted octanol–water partition coefficient (Wildman–Crippen LogP) is 9.44. The summed E-state index contributed by atoms with van der Waals surface area (Å²) in [5, 5.41) is 14.7. The van der Waals surface area contributed by atoms with Gasteiger partial charge in [0.05, 0.1) is 25.3 Å². The van der Waals surface area contributed by atoms with Crippen molar-refractivity contribution in [2.75, 3.05) is 39.8 Å². The molecule has 2 N–H and O–H groups in total. The fourth-order valence-electron chi connectivity index (χ4n) is 6.39. The highest BCUT2D eigenvalue weighted by atomic mass is 32.2. The van der Waals surface area contributed by atoms with Gasteiger partial charge in [0.2, 0.25) is 0 Å². The Hall–Kier alpha value is -4.64. The Morgan fingerprint density at radius 1 is 0.846 bits per heavy atom. The Bertz CT molecular complexity index is 1950. The highest BCUT2D eigenvalue weighted by molar-refractivity contribution is 7.99. The van der Waals surface area contributed by atoms with Gasteiger partial charge in [0.1, 0.15) is 0 Å². The van der Waals surface area contributed by atoms with Crippen molar-refractivity contribution < 1.29 is 32.6 Å². The Labute approximate surface area is 307 Å². The Morgan fingerprint density at radius 2 is 1.50 bits per heavy atom. The van der Waals surface area contributed by atoms with E-state index in [4.69, 9.17) is 4.74 Å². The van der Waals surface area contributed by atoms with Crippen molar-refractivity contribution in [2.24, 2.45) is 0 Å². The van der Waals surface area contributed by atoms with Crippen LogP contribution in [-0.4, -0.2) is 61.8 Å². The number of nitrogens with zero attached hydrogens (tertiary/aromatic N) is 1. The van der Waals surface area contributed by atoms with Gasteiger partial charge in [-0.2, -0.15) is 13.2 Å². The highest BCUT2D eigenvalue weighted by Gasteiger charge is 2.30. The van der Waals surface area contributed by atoms with Crippen LogP contribution in [0.5, 0.6) is 0 Å². The maximum absolute atomic E-state index is 13.3. The molecule has 0 aliphatic rings. The first-order valence-corrected chi connectivity index (χ1v) is 18.2. The Kier molecular flexibility index (Phi) is 13.5. The number of aliphatic carboxylic acids is 1. The fraction of sp³-hybridized carbons (Fsp3) is 0.286. The number of carbonyl (C=O) groups excluding carboxylic acids is 1. The number of thioether (sulfide) groups is 1. The number of ether oxygens (including phenoxy) is 1. The number of halogens is 3. The van der Waals surface area contributed by atoms with E-state index in [0.29, 0.717) is 31.0 Å². The molecule has 0 bridgehead atoms. The first kappa shape index (κ1) is 38.6. The van der Waals surface area contributed by atoms with E-state index in [1.165, 1.54) is 34.8 Å². The monoisotopic (exact) mass is 728 g/mol. The number of nitrogens with one attached hydrogen (secondary N) is 1. The van der Waals surface area contributed by atoms with Gasteiger partial charge in [0, 0.05) is 16.1 Å². The molecule has 0 amide bonds. The molecule has 0 saturated heterocycles. The van der Waals surface area contributed by atoms with Crippen LogP contribution in [0.15, 0.2) is 120 Å². The summed E-state index contributed by atoms with van der Waals surface area (Å²) in [7, 11) is 1.74. The van der Waals surface area contributed by atoms with E-state index >= 15 is 0 Å². The van der Waals surface area contributed by atoms with Crippen LogP contribution in [0.2, 0.25) is 0 Å². The molecule has 0 aliphatic heterocycles. The number of hydrogen-bond acceptors (Lipinski definition) is 6. The van der Waals surface area contributed by atoms with Crippen molar-refractivity contribution in [2.45, 2.75) is 42.0 Å². The highest BCUT2D eigenvalue weighted by Crippen LogP contribution is 2.41. The van der Waals surface area contributed by atoms with Gasteiger partial charge in [-0.3, -0.25) is 14.5 Å². The minimum atomic E-state index is -4.42. The minimum Gasteiger partial charge on any atom is -0.480 e. The molecule has 2 atom stereocenters. The molecule has 0 saturated carbocycles. The van der Waals surface area contributed by atoms with Crippen LogP contribution in [0.25, 0.3) is 21.9 Å². The maximum Gasteiger partial charge on any atom is 0.416 e.